The molecular weight excluding hydrogens is 533 g/mol. The van der Waals surface area contributed by atoms with Crippen LogP contribution in [0.1, 0.15) is 53.5 Å². The molecule has 0 radical (unpaired) electrons. The summed E-state index contributed by atoms with van der Waals surface area (Å²) in [5.41, 5.74) is 1.74. The van der Waals surface area contributed by atoms with Crippen LogP contribution in [0.3, 0.4) is 0 Å². The number of guanidine groups is 1. The second-order valence-electron chi connectivity index (χ2n) is 8.10. The van der Waals surface area contributed by atoms with Crippen LogP contribution in [0.5, 0.6) is 0 Å². The van der Waals surface area contributed by atoms with Gasteiger partial charge in [0, 0.05) is 30.6 Å². The Labute approximate surface area is 213 Å². The molecule has 8 heteroatoms. The van der Waals surface area contributed by atoms with Gasteiger partial charge in [0.05, 0.1) is 12.6 Å². The summed E-state index contributed by atoms with van der Waals surface area (Å²) in [4.78, 5) is 20.5. The largest absolute Gasteiger partial charge is 0.357 e. The number of aliphatic imine (C=N–C) groups is 1. The minimum Gasteiger partial charge on any atom is -0.357 e. The first-order valence-electron chi connectivity index (χ1n) is 11.2. The summed E-state index contributed by atoms with van der Waals surface area (Å²) in [5.74, 6) is 1.57. The van der Waals surface area contributed by atoms with E-state index in [1.54, 1.807) is 7.05 Å². The van der Waals surface area contributed by atoms with E-state index in [0.29, 0.717) is 18.2 Å². The lowest BCUT2D eigenvalue weighted by Crippen LogP contribution is -2.45. The van der Waals surface area contributed by atoms with Crippen LogP contribution in [-0.4, -0.2) is 50.0 Å². The van der Waals surface area contributed by atoms with Gasteiger partial charge in [0.25, 0.3) is 5.91 Å². The molecule has 0 spiro atoms. The Morgan fingerprint density at radius 2 is 1.91 bits per heavy atom. The fraction of sp³-hybridized carbons (Fsp3) is 0.500. The van der Waals surface area contributed by atoms with Crippen LogP contribution >= 0.6 is 35.3 Å². The SMILES string of the molecule is CCNC(=NCc1ccc(C(=O)NC)cc1)NCC(c1cccs1)N1CCC(C)CC1.I. The van der Waals surface area contributed by atoms with Crippen LogP contribution in [0.2, 0.25) is 0 Å². The second-order valence-corrected chi connectivity index (χ2v) is 9.08. The summed E-state index contributed by atoms with van der Waals surface area (Å²) in [6.07, 6.45) is 2.53. The van der Waals surface area contributed by atoms with E-state index in [1.165, 1.54) is 17.7 Å². The Kier molecular flexibility index (Phi) is 11.5. The Hall–Kier alpha value is -1.65. The number of benzene rings is 1. The van der Waals surface area contributed by atoms with Crippen molar-refractivity contribution in [3.8, 4) is 0 Å². The van der Waals surface area contributed by atoms with Gasteiger partial charge in [-0.3, -0.25) is 9.69 Å². The molecule has 2 aromatic rings. The van der Waals surface area contributed by atoms with Crippen molar-refractivity contribution in [2.75, 3.05) is 33.2 Å². The molecule has 1 aromatic carbocycles. The minimum atomic E-state index is -0.0724. The smallest absolute Gasteiger partial charge is 0.251 e. The Morgan fingerprint density at radius 1 is 1.19 bits per heavy atom. The molecule has 1 aromatic heterocycles. The van der Waals surface area contributed by atoms with Crippen LogP contribution in [0.15, 0.2) is 46.8 Å². The van der Waals surface area contributed by atoms with Crippen LogP contribution in [0.25, 0.3) is 0 Å². The highest BCUT2D eigenvalue weighted by Gasteiger charge is 2.25. The number of rotatable bonds is 8. The third kappa shape index (κ3) is 7.74. The molecule has 0 aliphatic carbocycles. The number of piperidine rings is 1. The predicted octanol–water partition coefficient (Wildman–Crippen LogP) is 4.25. The average Bonchev–Trinajstić information content (AvgIpc) is 3.33. The number of carbonyl (C=O) groups excluding carboxylic acids is 1. The highest BCUT2D eigenvalue weighted by molar-refractivity contribution is 14.0. The topological polar surface area (TPSA) is 68.8 Å². The molecule has 1 amide bonds. The van der Waals surface area contributed by atoms with Crippen LogP contribution in [0.4, 0.5) is 0 Å². The molecule has 3 N–H and O–H groups in total. The van der Waals surface area contributed by atoms with Gasteiger partial charge >= 0.3 is 0 Å². The maximum absolute atomic E-state index is 11.7. The van der Waals surface area contributed by atoms with Crippen molar-refractivity contribution < 1.29 is 4.79 Å². The first-order valence-corrected chi connectivity index (χ1v) is 12.1. The van der Waals surface area contributed by atoms with Gasteiger partial charge in [-0.25, -0.2) is 4.99 Å². The summed E-state index contributed by atoms with van der Waals surface area (Å²) in [7, 11) is 1.64. The molecule has 0 bridgehead atoms. The molecule has 1 aliphatic heterocycles. The van der Waals surface area contributed by atoms with Gasteiger partial charge in [0.15, 0.2) is 5.96 Å². The number of amides is 1. The van der Waals surface area contributed by atoms with E-state index < -0.39 is 0 Å². The van der Waals surface area contributed by atoms with E-state index in [9.17, 15) is 4.79 Å². The highest BCUT2D eigenvalue weighted by atomic mass is 127. The number of likely N-dealkylation sites (tertiary alicyclic amines) is 1. The Morgan fingerprint density at radius 3 is 2.50 bits per heavy atom. The van der Waals surface area contributed by atoms with Crippen molar-refractivity contribution in [3.05, 3.63) is 57.8 Å². The number of halogens is 1. The van der Waals surface area contributed by atoms with Crippen molar-refractivity contribution in [3.63, 3.8) is 0 Å². The van der Waals surface area contributed by atoms with E-state index in [4.69, 9.17) is 4.99 Å². The first-order chi connectivity index (χ1) is 15.1. The van der Waals surface area contributed by atoms with Gasteiger partial charge in [-0.2, -0.15) is 0 Å². The lowest BCUT2D eigenvalue weighted by Gasteiger charge is -2.36. The monoisotopic (exact) mass is 569 g/mol. The van der Waals surface area contributed by atoms with E-state index in [0.717, 1.165) is 43.6 Å². The number of carbonyl (C=O) groups is 1. The number of thiophene rings is 1. The molecule has 3 rings (SSSR count). The molecule has 1 saturated heterocycles. The minimum absolute atomic E-state index is 0. The quantitative estimate of drug-likeness (QED) is 0.253. The Bertz CT molecular complexity index is 833. The lowest BCUT2D eigenvalue weighted by atomic mass is 9.97. The fourth-order valence-corrected chi connectivity index (χ4v) is 4.70. The molecule has 6 nitrogen and oxygen atoms in total. The molecule has 2 heterocycles. The zero-order chi connectivity index (χ0) is 22.1. The summed E-state index contributed by atoms with van der Waals surface area (Å²) < 4.78 is 0. The van der Waals surface area contributed by atoms with Gasteiger partial charge < -0.3 is 16.0 Å². The fourth-order valence-electron chi connectivity index (χ4n) is 3.84. The summed E-state index contributed by atoms with van der Waals surface area (Å²) in [6.45, 7) is 8.94. The normalized spacial score (nSPS) is 16.2. The van der Waals surface area contributed by atoms with Crippen LogP contribution in [0, 0.1) is 5.92 Å². The van der Waals surface area contributed by atoms with Gasteiger partial charge in [0.1, 0.15) is 0 Å². The Balaban J connectivity index is 0.00000363. The first kappa shape index (κ1) is 26.6. The van der Waals surface area contributed by atoms with Crippen LogP contribution < -0.4 is 16.0 Å². The lowest BCUT2D eigenvalue weighted by molar-refractivity contribution is 0.0963. The van der Waals surface area contributed by atoms with E-state index in [-0.39, 0.29) is 29.9 Å². The second kappa shape index (κ2) is 13.8. The average molecular weight is 570 g/mol. The van der Waals surface area contributed by atoms with E-state index in [1.807, 2.05) is 35.6 Å². The van der Waals surface area contributed by atoms with Crippen molar-refractivity contribution >= 4 is 47.2 Å². The van der Waals surface area contributed by atoms with Crippen molar-refractivity contribution in [1.29, 1.82) is 0 Å². The maximum atomic E-state index is 11.7. The van der Waals surface area contributed by atoms with Gasteiger partial charge in [-0.15, -0.1) is 35.3 Å². The van der Waals surface area contributed by atoms with Crippen molar-refractivity contribution in [1.82, 2.24) is 20.9 Å². The summed E-state index contributed by atoms with van der Waals surface area (Å²) in [6, 6.07) is 12.3. The maximum Gasteiger partial charge on any atom is 0.251 e. The summed E-state index contributed by atoms with van der Waals surface area (Å²) in [5, 5.41) is 11.7. The summed E-state index contributed by atoms with van der Waals surface area (Å²) >= 11 is 1.83. The van der Waals surface area contributed by atoms with Gasteiger partial charge in [0.2, 0.25) is 0 Å². The predicted molar refractivity (Wildman–Crippen MR) is 145 cm³/mol. The number of hydrogen-bond donors (Lipinski definition) is 3. The molecule has 176 valence electrons. The van der Waals surface area contributed by atoms with Gasteiger partial charge in [-0.05, 0) is 67.9 Å². The van der Waals surface area contributed by atoms with Crippen LogP contribution in [-0.2, 0) is 6.54 Å². The molecule has 1 unspecified atom stereocenters. The van der Waals surface area contributed by atoms with E-state index >= 15 is 0 Å². The third-order valence-electron chi connectivity index (χ3n) is 5.80. The van der Waals surface area contributed by atoms with Crippen molar-refractivity contribution in [2.24, 2.45) is 10.9 Å². The molecule has 1 fully saturated rings. The number of hydrogen-bond acceptors (Lipinski definition) is 4. The highest BCUT2D eigenvalue weighted by Crippen LogP contribution is 2.29. The zero-order valence-corrected chi connectivity index (χ0v) is 22.4. The molecular formula is C24H36IN5OS. The van der Waals surface area contributed by atoms with Crippen molar-refractivity contribution in [2.45, 2.75) is 39.3 Å². The number of nitrogens with one attached hydrogen (secondary N) is 3. The zero-order valence-electron chi connectivity index (χ0n) is 19.3. The molecule has 32 heavy (non-hydrogen) atoms. The molecule has 1 aliphatic rings. The molecule has 0 saturated carbocycles. The standard InChI is InChI=1S/C24H35N5OS.HI/c1-4-26-24(27-16-19-7-9-20(10-8-19)23(30)25-3)28-17-21(22-6-5-15-31-22)29-13-11-18(2)12-14-29;/h5-10,15,18,21H,4,11-14,16-17H2,1-3H3,(H,25,30)(H2,26,27,28);1H. The van der Waals surface area contributed by atoms with Gasteiger partial charge in [-0.1, -0.05) is 25.1 Å². The van der Waals surface area contributed by atoms with E-state index in [2.05, 4.69) is 52.2 Å². The third-order valence-corrected chi connectivity index (χ3v) is 6.77. The molecule has 1 atom stereocenters. The number of nitrogens with zero attached hydrogens (tertiary/aromatic N) is 2.